The molecule has 0 fully saturated rings. The number of rotatable bonds is 9. The zero-order chi connectivity index (χ0) is 12.4. The van der Waals surface area contributed by atoms with E-state index in [0.29, 0.717) is 19.5 Å². The number of nitrogens with two attached hydrogens (primary N) is 1. The Kier molecular flexibility index (Phi) is 9.52. The molecule has 3 N–H and O–H groups in total. The molecule has 0 aliphatic heterocycles. The number of hydrogen-bond donors (Lipinski definition) is 2. The van der Waals surface area contributed by atoms with Gasteiger partial charge in [-0.3, -0.25) is 9.00 Å². The third kappa shape index (κ3) is 8.85. The van der Waals surface area contributed by atoms with E-state index in [-0.39, 0.29) is 11.2 Å². The minimum atomic E-state index is -0.798. The first kappa shape index (κ1) is 15.6. The SMILES string of the molecule is CC(CCNC(=O)CCCCCN)S(C)=O. The molecule has 0 radical (unpaired) electrons. The van der Waals surface area contributed by atoms with Crippen LogP contribution >= 0.6 is 0 Å². The predicted octanol–water partition coefficient (Wildman–Crippen LogP) is 0.779. The summed E-state index contributed by atoms with van der Waals surface area (Å²) in [4.78, 5) is 11.3. The number of amides is 1. The number of carbonyl (C=O) groups is 1. The van der Waals surface area contributed by atoms with Crippen LogP contribution < -0.4 is 11.1 Å². The minimum absolute atomic E-state index is 0.0890. The van der Waals surface area contributed by atoms with Crippen molar-refractivity contribution in [2.75, 3.05) is 19.3 Å². The smallest absolute Gasteiger partial charge is 0.219 e. The lowest BCUT2D eigenvalue weighted by Crippen LogP contribution is -2.27. The summed E-state index contributed by atoms with van der Waals surface area (Å²) in [5.41, 5.74) is 5.36. The summed E-state index contributed by atoms with van der Waals surface area (Å²) < 4.78 is 11.0. The second kappa shape index (κ2) is 9.78. The normalized spacial score (nSPS) is 14.4. The Hall–Kier alpha value is -0.420. The van der Waals surface area contributed by atoms with E-state index in [1.165, 1.54) is 0 Å². The van der Waals surface area contributed by atoms with Crippen LogP contribution in [0.15, 0.2) is 0 Å². The molecule has 0 aromatic rings. The Labute approximate surface area is 101 Å². The molecule has 0 saturated heterocycles. The highest BCUT2D eigenvalue weighted by Gasteiger charge is 2.06. The van der Waals surface area contributed by atoms with E-state index >= 15 is 0 Å². The maximum absolute atomic E-state index is 11.3. The average molecular weight is 248 g/mol. The number of hydrogen-bond acceptors (Lipinski definition) is 3. The summed E-state index contributed by atoms with van der Waals surface area (Å²) in [6.07, 6.45) is 5.94. The van der Waals surface area contributed by atoms with E-state index in [1.807, 2.05) is 6.92 Å². The zero-order valence-electron chi connectivity index (χ0n) is 10.3. The molecule has 1 amide bonds. The van der Waals surface area contributed by atoms with E-state index in [9.17, 15) is 9.00 Å². The highest BCUT2D eigenvalue weighted by atomic mass is 32.2. The Bertz CT molecular complexity index is 222. The summed E-state index contributed by atoms with van der Waals surface area (Å²) in [5.74, 6) is 0.0890. The third-order valence-electron chi connectivity index (χ3n) is 2.55. The van der Waals surface area contributed by atoms with Gasteiger partial charge in [-0.05, 0) is 25.8 Å². The van der Waals surface area contributed by atoms with Crippen molar-refractivity contribution in [2.45, 2.75) is 44.3 Å². The quantitative estimate of drug-likeness (QED) is 0.592. The maximum Gasteiger partial charge on any atom is 0.219 e. The molecule has 0 heterocycles. The first-order chi connectivity index (χ1) is 7.57. The molecule has 4 nitrogen and oxygen atoms in total. The van der Waals surface area contributed by atoms with Gasteiger partial charge in [0.05, 0.1) is 0 Å². The van der Waals surface area contributed by atoms with E-state index in [0.717, 1.165) is 25.7 Å². The van der Waals surface area contributed by atoms with Gasteiger partial charge in [0, 0.05) is 35.3 Å². The van der Waals surface area contributed by atoms with Crippen LogP contribution in [0.5, 0.6) is 0 Å². The molecule has 0 aliphatic carbocycles. The Balaban J connectivity index is 3.40. The summed E-state index contributed by atoms with van der Waals surface area (Å²) in [6.45, 7) is 3.25. The van der Waals surface area contributed by atoms with Crippen LogP contribution in [0, 0.1) is 0 Å². The molecule has 16 heavy (non-hydrogen) atoms. The summed E-state index contributed by atoms with van der Waals surface area (Å²) in [5, 5.41) is 2.99. The topological polar surface area (TPSA) is 72.2 Å². The number of nitrogens with one attached hydrogen (secondary N) is 1. The van der Waals surface area contributed by atoms with Crippen LogP contribution in [0.2, 0.25) is 0 Å². The van der Waals surface area contributed by atoms with Gasteiger partial charge in [0.25, 0.3) is 0 Å². The number of unbranched alkanes of at least 4 members (excludes halogenated alkanes) is 2. The second-order valence-electron chi connectivity index (χ2n) is 4.05. The standard InChI is InChI=1S/C11H24N2O2S/c1-10(16(2)15)7-9-13-11(14)6-4-3-5-8-12/h10H,3-9,12H2,1-2H3,(H,13,14). The molecule has 96 valence electrons. The van der Waals surface area contributed by atoms with Crippen molar-refractivity contribution in [3.05, 3.63) is 0 Å². The summed E-state index contributed by atoms with van der Waals surface area (Å²) >= 11 is 0. The van der Waals surface area contributed by atoms with Gasteiger partial charge < -0.3 is 11.1 Å². The summed E-state index contributed by atoms with van der Waals surface area (Å²) in [7, 11) is -0.798. The van der Waals surface area contributed by atoms with Gasteiger partial charge in [-0.25, -0.2) is 0 Å². The van der Waals surface area contributed by atoms with Crippen LogP contribution in [-0.2, 0) is 15.6 Å². The molecular formula is C11H24N2O2S. The molecule has 5 heteroatoms. The van der Waals surface area contributed by atoms with Crippen molar-refractivity contribution in [1.82, 2.24) is 5.32 Å². The van der Waals surface area contributed by atoms with Gasteiger partial charge in [0.2, 0.25) is 5.91 Å². The molecular weight excluding hydrogens is 224 g/mol. The van der Waals surface area contributed by atoms with Crippen LogP contribution in [0.3, 0.4) is 0 Å². The van der Waals surface area contributed by atoms with Crippen molar-refractivity contribution in [3.63, 3.8) is 0 Å². The van der Waals surface area contributed by atoms with Crippen molar-refractivity contribution in [2.24, 2.45) is 5.73 Å². The van der Waals surface area contributed by atoms with Gasteiger partial charge in [0.15, 0.2) is 0 Å². The van der Waals surface area contributed by atoms with Gasteiger partial charge in [-0.2, -0.15) is 0 Å². The molecule has 0 rings (SSSR count). The van der Waals surface area contributed by atoms with Crippen molar-refractivity contribution in [3.8, 4) is 0 Å². The molecule has 0 spiro atoms. The van der Waals surface area contributed by atoms with Crippen LogP contribution in [0.4, 0.5) is 0 Å². The van der Waals surface area contributed by atoms with Crippen LogP contribution in [0.25, 0.3) is 0 Å². The Morgan fingerprint density at radius 2 is 2.06 bits per heavy atom. The van der Waals surface area contributed by atoms with Crippen molar-refractivity contribution >= 4 is 16.7 Å². The number of carbonyl (C=O) groups excluding carboxylic acids is 1. The van der Waals surface area contributed by atoms with Crippen molar-refractivity contribution < 1.29 is 9.00 Å². The second-order valence-corrected chi connectivity index (χ2v) is 5.85. The first-order valence-electron chi connectivity index (χ1n) is 5.87. The largest absolute Gasteiger partial charge is 0.356 e. The fraction of sp³-hybridized carbons (Fsp3) is 0.909. The van der Waals surface area contributed by atoms with Gasteiger partial charge in [-0.15, -0.1) is 0 Å². The first-order valence-corrected chi connectivity index (χ1v) is 7.49. The molecule has 0 aromatic heterocycles. The summed E-state index contributed by atoms with van der Waals surface area (Å²) in [6, 6.07) is 0. The molecule has 0 aromatic carbocycles. The van der Waals surface area contributed by atoms with Gasteiger partial charge >= 0.3 is 0 Å². The molecule has 0 bridgehead atoms. The molecule has 2 atom stereocenters. The van der Waals surface area contributed by atoms with Gasteiger partial charge in [-0.1, -0.05) is 13.3 Å². The van der Waals surface area contributed by atoms with E-state index in [2.05, 4.69) is 5.32 Å². The van der Waals surface area contributed by atoms with Crippen LogP contribution in [0.1, 0.15) is 39.0 Å². The lowest BCUT2D eigenvalue weighted by Gasteiger charge is -2.09. The van der Waals surface area contributed by atoms with E-state index in [4.69, 9.17) is 5.73 Å². The van der Waals surface area contributed by atoms with Gasteiger partial charge in [0.1, 0.15) is 0 Å². The zero-order valence-corrected chi connectivity index (χ0v) is 11.1. The van der Waals surface area contributed by atoms with E-state index < -0.39 is 10.8 Å². The fourth-order valence-electron chi connectivity index (χ4n) is 1.28. The van der Waals surface area contributed by atoms with Crippen LogP contribution in [-0.4, -0.2) is 34.7 Å². The van der Waals surface area contributed by atoms with Crippen molar-refractivity contribution in [1.29, 1.82) is 0 Å². The predicted molar refractivity (Wildman–Crippen MR) is 68.7 cm³/mol. The highest BCUT2D eigenvalue weighted by Crippen LogP contribution is 2.00. The minimum Gasteiger partial charge on any atom is -0.356 e. The lowest BCUT2D eigenvalue weighted by atomic mass is 10.2. The third-order valence-corrected chi connectivity index (χ3v) is 3.92. The lowest BCUT2D eigenvalue weighted by molar-refractivity contribution is -0.121. The highest BCUT2D eigenvalue weighted by molar-refractivity contribution is 7.84. The fourth-order valence-corrected chi connectivity index (χ4v) is 1.73. The average Bonchev–Trinajstić information content (AvgIpc) is 2.24. The van der Waals surface area contributed by atoms with E-state index in [1.54, 1.807) is 6.26 Å². The molecule has 0 saturated carbocycles. The molecule has 2 unspecified atom stereocenters. The Morgan fingerprint density at radius 3 is 2.62 bits per heavy atom. The Morgan fingerprint density at radius 1 is 1.38 bits per heavy atom. The maximum atomic E-state index is 11.3. The molecule has 0 aliphatic rings. The monoisotopic (exact) mass is 248 g/mol.